The molecule has 0 heterocycles. The van der Waals surface area contributed by atoms with E-state index in [0.29, 0.717) is 15.8 Å². The van der Waals surface area contributed by atoms with Crippen molar-refractivity contribution in [2.75, 3.05) is 7.11 Å². The summed E-state index contributed by atoms with van der Waals surface area (Å²) in [5.41, 5.74) is 4.88. The Morgan fingerprint density at radius 2 is 1.81 bits per heavy atom. The van der Waals surface area contributed by atoms with E-state index in [4.69, 9.17) is 17.0 Å². The number of ether oxygens (including phenoxy) is 1. The lowest BCUT2D eigenvalue weighted by molar-refractivity contribution is -0.384. The van der Waals surface area contributed by atoms with Gasteiger partial charge in [-0.2, -0.15) is 0 Å². The van der Waals surface area contributed by atoms with Crippen LogP contribution in [0.5, 0.6) is 5.75 Å². The molecule has 11 heteroatoms. The van der Waals surface area contributed by atoms with Crippen LogP contribution in [0.1, 0.15) is 20.7 Å². The van der Waals surface area contributed by atoms with Crippen LogP contribution in [0.3, 0.4) is 0 Å². The molecule has 0 radical (unpaired) electrons. The fraction of sp³-hybridized carbons (Fsp3) is 0.0625. The van der Waals surface area contributed by atoms with Crippen LogP contribution < -0.4 is 20.9 Å². The Hall–Kier alpha value is -3.05. The number of nitrogens with zero attached hydrogens (tertiary/aromatic N) is 1. The number of hydrazine groups is 1. The first-order chi connectivity index (χ1) is 12.8. The lowest BCUT2D eigenvalue weighted by Gasteiger charge is -2.11. The van der Waals surface area contributed by atoms with Crippen LogP contribution in [-0.4, -0.2) is 29.0 Å². The normalized spacial score (nSPS) is 9.85. The fourth-order valence-electron chi connectivity index (χ4n) is 1.96. The van der Waals surface area contributed by atoms with E-state index in [1.165, 1.54) is 25.3 Å². The molecule has 0 bridgehead atoms. The van der Waals surface area contributed by atoms with Gasteiger partial charge in [0.2, 0.25) is 0 Å². The van der Waals surface area contributed by atoms with Gasteiger partial charge in [-0.3, -0.25) is 35.9 Å². The number of thiocarbonyl (C=S) groups is 1. The highest BCUT2D eigenvalue weighted by Gasteiger charge is 2.13. The summed E-state index contributed by atoms with van der Waals surface area (Å²) in [6, 6.07) is 9.88. The van der Waals surface area contributed by atoms with Gasteiger partial charge in [0.1, 0.15) is 5.75 Å². The Bertz CT molecular complexity index is 921. The number of amides is 2. The van der Waals surface area contributed by atoms with E-state index in [0.717, 1.165) is 6.07 Å². The van der Waals surface area contributed by atoms with Gasteiger partial charge in [-0.05, 0) is 52.4 Å². The highest BCUT2D eigenvalue weighted by molar-refractivity contribution is 9.10. The molecule has 2 amide bonds. The summed E-state index contributed by atoms with van der Waals surface area (Å²) in [5.74, 6) is -0.581. The number of carbonyl (C=O) groups is 2. The molecule has 0 aromatic heterocycles. The summed E-state index contributed by atoms with van der Waals surface area (Å²) in [6.07, 6.45) is 0. The third-order valence-electron chi connectivity index (χ3n) is 3.25. The van der Waals surface area contributed by atoms with Crippen molar-refractivity contribution >= 4 is 50.8 Å². The average molecular weight is 453 g/mol. The zero-order valence-electron chi connectivity index (χ0n) is 13.8. The second kappa shape index (κ2) is 9.05. The molecule has 0 aliphatic rings. The molecule has 0 unspecified atom stereocenters. The molecule has 140 valence electrons. The molecule has 0 saturated carbocycles. The summed E-state index contributed by atoms with van der Waals surface area (Å²) < 4.78 is 5.68. The number of benzene rings is 2. The molecule has 0 aliphatic carbocycles. The summed E-state index contributed by atoms with van der Waals surface area (Å²) in [7, 11) is 1.50. The van der Waals surface area contributed by atoms with Crippen LogP contribution in [-0.2, 0) is 0 Å². The first-order valence-corrected chi connectivity index (χ1v) is 8.51. The minimum atomic E-state index is -0.655. The Labute approximate surface area is 167 Å². The molecule has 27 heavy (non-hydrogen) atoms. The lowest BCUT2D eigenvalue weighted by atomic mass is 10.2. The third kappa shape index (κ3) is 5.46. The summed E-state index contributed by atoms with van der Waals surface area (Å²) in [4.78, 5) is 34.3. The minimum absolute atomic E-state index is 0.0544. The second-order valence-corrected chi connectivity index (χ2v) is 6.28. The summed E-state index contributed by atoms with van der Waals surface area (Å²) >= 11 is 8.20. The third-order valence-corrected chi connectivity index (χ3v) is 4.07. The molecule has 2 aromatic rings. The molecule has 9 nitrogen and oxygen atoms in total. The van der Waals surface area contributed by atoms with Crippen molar-refractivity contribution in [1.82, 2.24) is 16.2 Å². The number of nitrogens with one attached hydrogen (secondary N) is 3. The number of rotatable bonds is 4. The van der Waals surface area contributed by atoms with Crippen molar-refractivity contribution in [2.45, 2.75) is 0 Å². The average Bonchev–Trinajstić information content (AvgIpc) is 2.66. The van der Waals surface area contributed by atoms with Crippen molar-refractivity contribution in [3.63, 3.8) is 0 Å². The molecular formula is C16H13BrN4O5S. The van der Waals surface area contributed by atoms with E-state index in [1.54, 1.807) is 18.2 Å². The molecular weight excluding hydrogens is 440 g/mol. The van der Waals surface area contributed by atoms with Gasteiger partial charge in [0.15, 0.2) is 5.11 Å². The Balaban J connectivity index is 1.93. The van der Waals surface area contributed by atoms with Gasteiger partial charge in [-0.15, -0.1) is 0 Å². The van der Waals surface area contributed by atoms with Gasteiger partial charge in [0.05, 0.1) is 16.5 Å². The molecule has 0 atom stereocenters. The van der Waals surface area contributed by atoms with Crippen LogP contribution in [0.2, 0.25) is 0 Å². The first kappa shape index (κ1) is 20.3. The second-order valence-electron chi connectivity index (χ2n) is 5.02. The Morgan fingerprint density at radius 3 is 2.44 bits per heavy atom. The van der Waals surface area contributed by atoms with Crippen LogP contribution in [0.25, 0.3) is 0 Å². The van der Waals surface area contributed by atoms with E-state index in [9.17, 15) is 19.7 Å². The van der Waals surface area contributed by atoms with E-state index < -0.39 is 16.7 Å². The predicted octanol–water partition coefficient (Wildman–Crippen LogP) is 2.32. The molecule has 3 N–H and O–H groups in total. The van der Waals surface area contributed by atoms with E-state index >= 15 is 0 Å². The van der Waals surface area contributed by atoms with Crippen molar-refractivity contribution < 1.29 is 19.2 Å². The van der Waals surface area contributed by atoms with Gasteiger partial charge >= 0.3 is 0 Å². The number of nitro groups is 1. The Morgan fingerprint density at radius 1 is 1.11 bits per heavy atom. The quantitative estimate of drug-likeness (QED) is 0.369. The number of hydrogen-bond acceptors (Lipinski definition) is 6. The van der Waals surface area contributed by atoms with Crippen molar-refractivity contribution in [3.8, 4) is 5.75 Å². The van der Waals surface area contributed by atoms with Crippen molar-refractivity contribution in [1.29, 1.82) is 0 Å². The van der Waals surface area contributed by atoms with Crippen LogP contribution in [0.4, 0.5) is 5.69 Å². The largest absolute Gasteiger partial charge is 0.496 e. The van der Waals surface area contributed by atoms with Crippen LogP contribution in [0, 0.1) is 10.1 Å². The number of non-ortho nitro benzene ring substituents is 1. The van der Waals surface area contributed by atoms with E-state index in [1.807, 2.05) is 0 Å². The topological polar surface area (TPSA) is 123 Å². The maximum atomic E-state index is 12.1. The molecule has 2 rings (SSSR count). The highest BCUT2D eigenvalue weighted by Crippen LogP contribution is 2.25. The molecule has 0 fully saturated rings. The van der Waals surface area contributed by atoms with E-state index in [2.05, 4.69) is 32.1 Å². The monoisotopic (exact) mass is 452 g/mol. The Kier molecular flexibility index (Phi) is 6.79. The van der Waals surface area contributed by atoms with Crippen molar-refractivity contribution in [3.05, 3.63) is 68.2 Å². The van der Waals surface area contributed by atoms with Gasteiger partial charge in [-0.25, -0.2) is 0 Å². The number of methoxy groups -OCH3 is 1. The highest BCUT2D eigenvalue weighted by atomic mass is 79.9. The summed E-state index contributed by atoms with van der Waals surface area (Å²) in [6.45, 7) is 0. The maximum absolute atomic E-state index is 12.1. The SMILES string of the molecule is COc1ccc(C(=O)NNC(=S)NC(=O)c2cccc([N+](=O)[O-])c2)cc1Br. The minimum Gasteiger partial charge on any atom is -0.496 e. The maximum Gasteiger partial charge on any atom is 0.270 e. The predicted molar refractivity (Wildman–Crippen MR) is 104 cm³/mol. The number of nitro benzene ring substituents is 1. The van der Waals surface area contributed by atoms with Crippen LogP contribution in [0.15, 0.2) is 46.9 Å². The zero-order chi connectivity index (χ0) is 20.0. The fourth-order valence-corrected chi connectivity index (χ4v) is 2.64. The standard InChI is InChI=1S/C16H13BrN4O5S/c1-26-13-6-5-10(8-12(13)17)15(23)19-20-16(27)18-14(22)9-3-2-4-11(7-9)21(24)25/h2-8H,1H3,(H,19,23)(H2,18,20,22,27). The number of carbonyl (C=O) groups excluding carboxylic acids is 2. The van der Waals surface area contributed by atoms with Gasteiger partial charge in [-0.1, -0.05) is 6.07 Å². The molecule has 0 aliphatic heterocycles. The van der Waals surface area contributed by atoms with Crippen molar-refractivity contribution in [2.24, 2.45) is 0 Å². The van der Waals surface area contributed by atoms with Gasteiger partial charge in [0.25, 0.3) is 17.5 Å². The van der Waals surface area contributed by atoms with Crippen LogP contribution >= 0.6 is 28.1 Å². The van der Waals surface area contributed by atoms with E-state index in [-0.39, 0.29) is 16.4 Å². The van der Waals surface area contributed by atoms with Gasteiger partial charge < -0.3 is 4.74 Å². The zero-order valence-corrected chi connectivity index (χ0v) is 16.2. The lowest BCUT2D eigenvalue weighted by Crippen LogP contribution is -2.48. The first-order valence-electron chi connectivity index (χ1n) is 7.31. The van der Waals surface area contributed by atoms with Gasteiger partial charge in [0, 0.05) is 23.3 Å². The number of halogens is 1. The smallest absolute Gasteiger partial charge is 0.270 e. The molecule has 2 aromatic carbocycles. The molecule has 0 spiro atoms. The summed E-state index contributed by atoms with van der Waals surface area (Å²) in [5, 5.41) is 12.9. The molecule has 0 saturated heterocycles. The number of hydrogen-bond donors (Lipinski definition) is 3.